The van der Waals surface area contributed by atoms with Gasteiger partial charge in [-0.2, -0.15) is 0 Å². The number of nitrogens with one attached hydrogen (secondary N) is 1. The molecule has 0 fully saturated rings. The van der Waals surface area contributed by atoms with Gasteiger partial charge in [0.05, 0.1) is 14.9 Å². The van der Waals surface area contributed by atoms with Crippen molar-refractivity contribution in [1.82, 2.24) is 0 Å². The molecule has 0 atom stereocenters. The Morgan fingerprint density at radius 3 is 2.59 bits per heavy atom. The highest BCUT2D eigenvalue weighted by Gasteiger charge is 2.05. The van der Waals surface area contributed by atoms with Crippen molar-refractivity contribution in [3.05, 3.63) is 57.4 Å². The maximum atomic E-state index is 13.4. The van der Waals surface area contributed by atoms with Gasteiger partial charge in [0.25, 0.3) is 0 Å². The molecule has 2 rings (SSSR count). The Kier molecular flexibility index (Phi) is 3.83. The normalized spacial score (nSPS) is 10.2. The number of nitrogen functional groups attached to an aromatic ring is 1. The molecule has 2 nitrogen and oxygen atoms in total. The van der Waals surface area contributed by atoms with E-state index in [1.807, 2.05) is 52.9 Å². The van der Waals surface area contributed by atoms with Gasteiger partial charge in [0.1, 0.15) is 5.82 Å². The summed E-state index contributed by atoms with van der Waals surface area (Å²) in [4.78, 5) is 0. The summed E-state index contributed by atoms with van der Waals surface area (Å²) in [6, 6.07) is 13.0. The number of rotatable bonds is 3. The van der Waals surface area contributed by atoms with Gasteiger partial charge >= 0.3 is 0 Å². The third-order valence-corrected chi connectivity index (χ3v) is 3.24. The van der Waals surface area contributed by atoms with E-state index in [1.54, 1.807) is 6.07 Å². The van der Waals surface area contributed by atoms with Crippen molar-refractivity contribution >= 4 is 34.0 Å². The monoisotopic (exact) mass is 342 g/mol. The molecule has 3 N–H and O–H groups in total. The first-order valence-electron chi connectivity index (χ1n) is 5.19. The van der Waals surface area contributed by atoms with Crippen molar-refractivity contribution in [3.63, 3.8) is 0 Å². The van der Waals surface area contributed by atoms with E-state index in [2.05, 4.69) is 5.32 Å². The van der Waals surface area contributed by atoms with Crippen LogP contribution in [-0.2, 0) is 6.54 Å². The van der Waals surface area contributed by atoms with Gasteiger partial charge in [0.15, 0.2) is 0 Å². The van der Waals surface area contributed by atoms with Crippen molar-refractivity contribution < 1.29 is 4.39 Å². The number of nitrogens with two attached hydrogens (primary N) is 1. The van der Waals surface area contributed by atoms with Crippen LogP contribution in [-0.4, -0.2) is 0 Å². The van der Waals surface area contributed by atoms with Crippen LogP contribution in [0.1, 0.15) is 5.56 Å². The molecular weight excluding hydrogens is 330 g/mol. The smallest absolute Gasteiger partial charge is 0.138 e. The van der Waals surface area contributed by atoms with E-state index in [-0.39, 0.29) is 5.82 Å². The predicted octanol–water partition coefficient (Wildman–Crippen LogP) is 3.62. The molecule has 0 saturated heterocycles. The lowest BCUT2D eigenvalue weighted by Crippen LogP contribution is -2.03. The maximum Gasteiger partial charge on any atom is 0.138 e. The molecule has 17 heavy (non-hydrogen) atoms. The van der Waals surface area contributed by atoms with Crippen LogP contribution in [0.4, 0.5) is 15.8 Å². The lowest BCUT2D eigenvalue weighted by atomic mass is 10.2. The van der Waals surface area contributed by atoms with Crippen LogP contribution >= 0.6 is 22.6 Å². The second-order valence-electron chi connectivity index (χ2n) is 3.69. The summed E-state index contributed by atoms with van der Waals surface area (Å²) in [5, 5.41) is 3.13. The van der Waals surface area contributed by atoms with Crippen molar-refractivity contribution in [2.24, 2.45) is 0 Å². The highest BCUT2D eigenvalue weighted by atomic mass is 127. The summed E-state index contributed by atoms with van der Waals surface area (Å²) >= 11 is 1.92. The van der Waals surface area contributed by atoms with Crippen molar-refractivity contribution in [3.8, 4) is 0 Å². The molecule has 0 aliphatic rings. The number of benzene rings is 2. The zero-order valence-corrected chi connectivity index (χ0v) is 11.2. The van der Waals surface area contributed by atoms with E-state index >= 15 is 0 Å². The Bertz CT molecular complexity index is 514. The topological polar surface area (TPSA) is 38.0 Å². The molecule has 0 aromatic heterocycles. The van der Waals surface area contributed by atoms with E-state index in [4.69, 9.17) is 5.73 Å². The van der Waals surface area contributed by atoms with Gasteiger partial charge in [-0.15, -0.1) is 0 Å². The van der Waals surface area contributed by atoms with Crippen LogP contribution in [0.15, 0.2) is 42.5 Å². The summed E-state index contributed by atoms with van der Waals surface area (Å²) < 4.78 is 13.9. The van der Waals surface area contributed by atoms with Gasteiger partial charge in [0, 0.05) is 12.6 Å². The lowest BCUT2D eigenvalue weighted by molar-refractivity contribution is 0.621. The van der Waals surface area contributed by atoms with Crippen LogP contribution in [0.2, 0.25) is 0 Å². The van der Waals surface area contributed by atoms with E-state index in [0.717, 1.165) is 5.56 Å². The van der Waals surface area contributed by atoms with Crippen LogP contribution < -0.4 is 11.1 Å². The standard InChI is InChI=1S/C13H12FIN2/c14-10-6-13(12(16)7-11(10)15)17-8-9-4-2-1-3-5-9/h1-7,17H,8,16H2. The lowest BCUT2D eigenvalue weighted by Gasteiger charge is -2.10. The van der Waals surface area contributed by atoms with Gasteiger partial charge in [-0.25, -0.2) is 4.39 Å². The average Bonchev–Trinajstić information content (AvgIpc) is 2.33. The third-order valence-electron chi connectivity index (χ3n) is 2.42. The van der Waals surface area contributed by atoms with Crippen LogP contribution in [0.25, 0.3) is 0 Å². The van der Waals surface area contributed by atoms with Gasteiger partial charge < -0.3 is 11.1 Å². The molecule has 88 valence electrons. The van der Waals surface area contributed by atoms with Crippen LogP contribution in [0.5, 0.6) is 0 Å². The zero-order chi connectivity index (χ0) is 12.3. The summed E-state index contributed by atoms with van der Waals surface area (Å²) in [5.41, 5.74) is 8.14. The molecule has 0 unspecified atom stereocenters. The molecule has 2 aromatic rings. The molecule has 0 bridgehead atoms. The molecule has 0 aliphatic carbocycles. The molecule has 0 aliphatic heterocycles. The fourth-order valence-corrected chi connectivity index (χ4v) is 2.00. The Hall–Kier alpha value is -1.30. The van der Waals surface area contributed by atoms with Crippen molar-refractivity contribution in [1.29, 1.82) is 0 Å². The molecule has 0 heterocycles. The number of anilines is 2. The third kappa shape index (κ3) is 3.09. The summed E-state index contributed by atoms with van der Waals surface area (Å²) in [6.45, 7) is 0.630. The fraction of sp³-hybridized carbons (Fsp3) is 0.0769. The molecular formula is C13H12FIN2. The zero-order valence-electron chi connectivity index (χ0n) is 9.08. The minimum atomic E-state index is -0.254. The van der Waals surface area contributed by atoms with E-state index < -0.39 is 0 Å². The minimum absolute atomic E-state index is 0.254. The van der Waals surface area contributed by atoms with Gasteiger partial charge in [-0.05, 0) is 34.2 Å². The molecule has 4 heteroatoms. The molecule has 0 spiro atoms. The first-order chi connectivity index (χ1) is 8.16. The van der Waals surface area contributed by atoms with Crippen LogP contribution in [0, 0.1) is 9.39 Å². The summed E-state index contributed by atoms with van der Waals surface area (Å²) in [6.07, 6.45) is 0. The van der Waals surface area contributed by atoms with E-state index in [0.29, 0.717) is 21.5 Å². The molecule has 0 amide bonds. The van der Waals surface area contributed by atoms with Gasteiger partial charge in [0.2, 0.25) is 0 Å². The summed E-state index contributed by atoms with van der Waals surface area (Å²) in [7, 11) is 0. The summed E-state index contributed by atoms with van der Waals surface area (Å²) in [5.74, 6) is -0.254. The molecule has 0 radical (unpaired) electrons. The Balaban J connectivity index is 2.12. The quantitative estimate of drug-likeness (QED) is 0.660. The molecule has 0 saturated carbocycles. The Labute approximate surface area is 113 Å². The highest BCUT2D eigenvalue weighted by Crippen LogP contribution is 2.24. The van der Waals surface area contributed by atoms with Gasteiger partial charge in [-0.3, -0.25) is 0 Å². The second kappa shape index (κ2) is 5.35. The van der Waals surface area contributed by atoms with Crippen molar-refractivity contribution in [2.45, 2.75) is 6.54 Å². The minimum Gasteiger partial charge on any atom is -0.397 e. The average molecular weight is 342 g/mol. The second-order valence-corrected chi connectivity index (χ2v) is 4.85. The first kappa shape index (κ1) is 12.2. The first-order valence-corrected chi connectivity index (χ1v) is 6.27. The molecule has 2 aromatic carbocycles. The van der Waals surface area contributed by atoms with Crippen LogP contribution in [0.3, 0.4) is 0 Å². The largest absolute Gasteiger partial charge is 0.397 e. The Morgan fingerprint density at radius 2 is 1.88 bits per heavy atom. The highest BCUT2D eigenvalue weighted by molar-refractivity contribution is 14.1. The number of hydrogen-bond acceptors (Lipinski definition) is 2. The number of halogens is 2. The van der Waals surface area contributed by atoms with Crippen molar-refractivity contribution in [2.75, 3.05) is 11.1 Å². The van der Waals surface area contributed by atoms with E-state index in [1.165, 1.54) is 6.07 Å². The number of hydrogen-bond donors (Lipinski definition) is 2. The van der Waals surface area contributed by atoms with E-state index in [9.17, 15) is 4.39 Å². The maximum absolute atomic E-state index is 13.4. The Morgan fingerprint density at radius 1 is 1.18 bits per heavy atom. The van der Waals surface area contributed by atoms with Gasteiger partial charge in [-0.1, -0.05) is 30.3 Å². The predicted molar refractivity (Wildman–Crippen MR) is 77.3 cm³/mol. The SMILES string of the molecule is Nc1cc(I)c(F)cc1NCc1ccccc1. The fourth-order valence-electron chi connectivity index (χ4n) is 1.51.